The summed E-state index contributed by atoms with van der Waals surface area (Å²) in [6, 6.07) is 4.79. The normalized spacial score (nSPS) is 10.5. The van der Waals surface area contributed by atoms with Gasteiger partial charge in [0.25, 0.3) is 5.91 Å². The van der Waals surface area contributed by atoms with Gasteiger partial charge < -0.3 is 14.4 Å². The lowest BCUT2D eigenvalue weighted by atomic mass is 10.2. The first-order valence-corrected chi connectivity index (χ1v) is 8.01. The summed E-state index contributed by atoms with van der Waals surface area (Å²) in [5.41, 5.74) is 0. The van der Waals surface area contributed by atoms with Crippen LogP contribution in [0.5, 0.6) is 5.75 Å². The quantitative estimate of drug-likeness (QED) is 0.665. The van der Waals surface area contributed by atoms with Crippen LogP contribution >= 0.6 is 23.2 Å². The van der Waals surface area contributed by atoms with E-state index in [9.17, 15) is 9.59 Å². The summed E-state index contributed by atoms with van der Waals surface area (Å²) < 4.78 is 10.1. The molecule has 5 nitrogen and oxygen atoms in total. The Kier molecular flexibility index (Phi) is 8.20. The second-order valence-corrected chi connectivity index (χ2v) is 6.27. The second-order valence-electron chi connectivity index (χ2n) is 5.42. The zero-order chi connectivity index (χ0) is 17.4. The molecule has 0 heterocycles. The Morgan fingerprint density at radius 2 is 1.96 bits per heavy atom. The Hall–Kier alpha value is -1.46. The summed E-state index contributed by atoms with van der Waals surface area (Å²) in [4.78, 5) is 25.2. The average molecular weight is 362 g/mol. The van der Waals surface area contributed by atoms with Crippen LogP contribution in [0, 0.1) is 5.92 Å². The van der Waals surface area contributed by atoms with Crippen molar-refractivity contribution in [3.63, 3.8) is 0 Å². The molecule has 0 spiro atoms. The minimum absolute atomic E-state index is 0.149. The van der Waals surface area contributed by atoms with Crippen LogP contribution in [0.2, 0.25) is 10.0 Å². The van der Waals surface area contributed by atoms with E-state index in [1.807, 2.05) is 13.8 Å². The molecular formula is C16H21Cl2NO4. The summed E-state index contributed by atoms with van der Waals surface area (Å²) in [5.74, 6) is 0.0967. The number of nitrogens with zero attached hydrogens (tertiary/aromatic N) is 1. The van der Waals surface area contributed by atoms with Crippen molar-refractivity contribution in [1.29, 1.82) is 0 Å². The van der Waals surface area contributed by atoms with Crippen molar-refractivity contribution in [2.45, 2.75) is 20.3 Å². The lowest BCUT2D eigenvalue weighted by molar-refractivity contribution is -0.142. The first-order chi connectivity index (χ1) is 10.8. The highest BCUT2D eigenvalue weighted by atomic mass is 35.5. The molecule has 1 rings (SSSR count). The van der Waals surface area contributed by atoms with Gasteiger partial charge in [-0.3, -0.25) is 9.59 Å². The molecule has 0 aromatic heterocycles. The molecule has 128 valence electrons. The molecule has 0 aliphatic carbocycles. The second kappa shape index (κ2) is 9.63. The third-order valence-electron chi connectivity index (χ3n) is 3.00. The van der Waals surface area contributed by atoms with Gasteiger partial charge in [-0.1, -0.05) is 37.0 Å². The summed E-state index contributed by atoms with van der Waals surface area (Å²) >= 11 is 11.8. The lowest BCUT2D eigenvalue weighted by Gasteiger charge is -2.24. The van der Waals surface area contributed by atoms with Gasteiger partial charge in [0, 0.05) is 18.1 Å². The van der Waals surface area contributed by atoms with Gasteiger partial charge in [-0.05, 0) is 24.1 Å². The Balaban J connectivity index is 2.63. The van der Waals surface area contributed by atoms with E-state index in [-0.39, 0.29) is 30.8 Å². The maximum absolute atomic E-state index is 12.3. The third-order valence-corrected chi connectivity index (χ3v) is 3.53. The fourth-order valence-corrected chi connectivity index (χ4v) is 2.37. The summed E-state index contributed by atoms with van der Waals surface area (Å²) in [5, 5.41) is 0.837. The maximum Gasteiger partial charge on any atom is 0.307 e. The first kappa shape index (κ1) is 19.6. The Bertz CT molecular complexity index is 549. The van der Waals surface area contributed by atoms with E-state index < -0.39 is 0 Å². The standard InChI is InChI=1S/C16H21Cl2NO4/c1-11(2)9-19(7-6-16(21)22-3)15(20)10-23-14-5-4-12(17)8-13(14)18/h4-5,8,11H,6-7,9-10H2,1-3H3. The molecule has 0 bridgehead atoms. The van der Waals surface area contributed by atoms with Crippen LogP contribution < -0.4 is 4.74 Å². The van der Waals surface area contributed by atoms with Gasteiger partial charge >= 0.3 is 5.97 Å². The molecule has 0 fully saturated rings. The number of methoxy groups -OCH3 is 1. The maximum atomic E-state index is 12.3. The van der Waals surface area contributed by atoms with Crippen molar-refractivity contribution in [3.05, 3.63) is 28.2 Å². The largest absolute Gasteiger partial charge is 0.482 e. The van der Waals surface area contributed by atoms with E-state index in [0.29, 0.717) is 28.9 Å². The number of esters is 1. The van der Waals surface area contributed by atoms with Crippen molar-refractivity contribution in [2.24, 2.45) is 5.92 Å². The van der Waals surface area contributed by atoms with Crippen molar-refractivity contribution in [3.8, 4) is 5.75 Å². The molecule has 7 heteroatoms. The van der Waals surface area contributed by atoms with E-state index in [1.54, 1.807) is 23.1 Å². The van der Waals surface area contributed by atoms with Gasteiger partial charge in [0.05, 0.1) is 18.6 Å². The van der Waals surface area contributed by atoms with Crippen molar-refractivity contribution in [2.75, 3.05) is 26.8 Å². The first-order valence-electron chi connectivity index (χ1n) is 7.26. The van der Waals surface area contributed by atoms with Gasteiger partial charge in [-0.2, -0.15) is 0 Å². The number of hydrogen-bond donors (Lipinski definition) is 0. The minimum Gasteiger partial charge on any atom is -0.482 e. The van der Waals surface area contributed by atoms with Crippen LogP contribution in [-0.4, -0.2) is 43.6 Å². The van der Waals surface area contributed by atoms with Crippen molar-refractivity contribution < 1.29 is 19.1 Å². The van der Waals surface area contributed by atoms with Gasteiger partial charge in [-0.25, -0.2) is 0 Å². The summed E-state index contributed by atoms with van der Waals surface area (Å²) in [7, 11) is 1.32. The molecule has 0 aliphatic heterocycles. The molecular weight excluding hydrogens is 341 g/mol. The molecule has 0 unspecified atom stereocenters. The van der Waals surface area contributed by atoms with E-state index >= 15 is 0 Å². The van der Waals surface area contributed by atoms with Crippen LogP contribution in [0.4, 0.5) is 0 Å². The Morgan fingerprint density at radius 3 is 2.52 bits per heavy atom. The SMILES string of the molecule is COC(=O)CCN(CC(C)C)C(=O)COc1ccc(Cl)cc1Cl. The average Bonchev–Trinajstić information content (AvgIpc) is 2.49. The molecule has 1 aromatic rings. The smallest absolute Gasteiger partial charge is 0.307 e. The van der Waals surface area contributed by atoms with Gasteiger partial charge in [-0.15, -0.1) is 0 Å². The Morgan fingerprint density at radius 1 is 1.26 bits per heavy atom. The van der Waals surface area contributed by atoms with Crippen LogP contribution in [0.15, 0.2) is 18.2 Å². The van der Waals surface area contributed by atoms with Gasteiger partial charge in [0.2, 0.25) is 0 Å². The third kappa shape index (κ3) is 7.10. The van der Waals surface area contributed by atoms with Crippen LogP contribution in [-0.2, 0) is 14.3 Å². The van der Waals surface area contributed by atoms with E-state index in [1.165, 1.54) is 7.11 Å². The molecule has 0 N–H and O–H groups in total. The van der Waals surface area contributed by atoms with Crippen LogP contribution in [0.1, 0.15) is 20.3 Å². The fourth-order valence-electron chi connectivity index (χ4n) is 1.91. The molecule has 0 saturated heterocycles. The molecule has 1 amide bonds. The molecule has 1 aromatic carbocycles. The molecule has 0 atom stereocenters. The number of rotatable bonds is 8. The number of hydrogen-bond acceptors (Lipinski definition) is 4. The molecule has 0 aliphatic rings. The Labute approximate surface area is 146 Å². The van der Waals surface area contributed by atoms with Gasteiger partial charge in [0.1, 0.15) is 5.75 Å². The van der Waals surface area contributed by atoms with E-state index in [4.69, 9.17) is 27.9 Å². The van der Waals surface area contributed by atoms with E-state index in [0.717, 1.165) is 0 Å². The highest BCUT2D eigenvalue weighted by molar-refractivity contribution is 6.35. The highest BCUT2D eigenvalue weighted by Gasteiger charge is 2.17. The number of amides is 1. The van der Waals surface area contributed by atoms with Crippen LogP contribution in [0.3, 0.4) is 0 Å². The molecule has 0 radical (unpaired) electrons. The number of carbonyl (C=O) groups excluding carboxylic acids is 2. The number of benzene rings is 1. The van der Waals surface area contributed by atoms with Crippen molar-refractivity contribution in [1.82, 2.24) is 4.90 Å². The molecule has 0 saturated carbocycles. The van der Waals surface area contributed by atoms with Gasteiger partial charge in [0.15, 0.2) is 6.61 Å². The monoisotopic (exact) mass is 361 g/mol. The number of carbonyl (C=O) groups is 2. The van der Waals surface area contributed by atoms with Crippen molar-refractivity contribution >= 4 is 35.1 Å². The predicted octanol–water partition coefficient (Wildman–Crippen LogP) is 3.42. The molecule has 23 heavy (non-hydrogen) atoms. The zero-order valence-corrected chi connectivity index (χ0v) is 15.0. The summed E-state index contributed by atoms with van der Waals surface area (Å²) in [6.07, 6.45) is 0.149. The zero-order valence-electron chi connectivity index (χ0n) is 13.5. The van der Waals surface area contributed by atoms with Crippen LogP contribution in [0.25, 0.3) is 0 Å². The highest BCUT2D eigenvalue weighted by Crippen LogP contribution is 2.27. The van der Waals surface area contributed by atoms with E-state index in [2.05, 4.69) is 4.74 Å². The lowest BCUT2D eigenvalue weighted by Crippen LogP contribution is -2.39. The topological polar surface area (TPSA) is 55.8 Å². The fraction of sp³-hybridized carbons (Fsp3) is 0.500. The summed E-state index contributed by atoms with van der Waals surface area (Å²) in [6.45, 7) is 4.66. The predicted molar refractivity (Wildman–Crippen MR) is 90.0 cm³/mol. The number of halogens is 2. The minimum atomic E-state index is -0.353. The number of ether oxygens (including phenoxy) is 2.